The van der Waals surface area contributed by atoms with Crippen molar-refractivity contribution in [1.82, 2.24) is 15.1 Å². The first-order valence-electron chi connectivity index (χ1n) is 5.61. The number of aromatic nitrogens is 2. The van der Waals surface area contributed by atoms with E-state index in [0.29, 0.717) is 13.1 Å². The molecule has 1 atom stereocenters. The first-order valence-corrected chi connectivity index (χ1v) is 5.61. The molecule has 0 aliphatic heterocycles. The van der Waals surface area contributed by atoms with Crippen LogP contribution in [-0.2, 0) is 11.3 Å². The summed E-state index contributed by atoms with van der Waals surface area (Å²) < 4.78 is 0. The smallest absolute Gasteiger partial charge is 0.226 e. The Kier molecular flexibility index (Phi) is 4.98. The van der Waals surface area contributed by atoms with Gasteiger partial charge in [0.05, 0.1) is 12.1 Å². The number of rotatable bonds is 6. The van der Waals surface area contributed by atoms with Gasteiger partial charge in [0, 0.05) is 31.9 Å². The molecule has 0 saturated carbocycles. The van der Waals surface area contributed by atoms with E-state index in [1.807, 2.05) is 0 Å². The van der Waals surface area contributed by atoms with Gasteiger partial charge in [-0.15, -0.1) is 0 Å². The minimum atomic E-state index is -0.0538. The lowest BCUT2D eigenvalue weighted by atomic mass is 10.0. The number of carbonyl (C=O) groups excluding carboxylic acids is 1. The highest BCUT2D eigenvalue weighted by Gasteiger charge is 2.19. The summed E-state index contributed by atoms with van der Waals surface area (Å²) in [6, 6.07) is 0. The second kappa shape index (κ2) is 6.27. The van der Waals surface area contributed by atoms with Gasteiger partial charge in [0.2, 0.25) is 5.91 Å². The Morgan fingerprint density at radius 3 is 2.94 bits per heavy atom. The van der Waals surface area contributed by atoms with Crippen molar-refractivity contribution in [3.8, 4) is 0 Å². The van der Waals surface area contributed by atoms with Crippen LogP contribution in [0.15, 0.2) is 12.4 Å². The van der Waals surface area contributed by atoms with Gasteiger partial charge in [-0.3, -0.25) is 9.89 Å². The molecule has 1 amide bonds. The van der Waals surface area contributed by atoms with Crippen LogP contribution in [0.1, 0.15) is 25.3 Å². The number of hydrogen-bond donors (Lipinski definition) is 2. The van der Waals surface area contributed by atoms with Crippen LogP contribution in [0.4, 0.5) is 0 Å². The molecule has 0 aliphatic carbocycles. The largest absolute Gasteiger partial charge is 0.341 e. The Bertz CT molecular complexity index is 310. The van der Waals surface area contributed by atoms with Crippen LogP contribution in [0.25, 0.3) is 0 Å². The minimum absolute atomic E-state index is 0.0538. The fourth-order valence-corrected chi connectivity index (χ4v) is 1.72. The van der Waals surface area contributed by atoms with Gasteiger partial charge in [0.15, 0.2) is 0 Å². The van der Waals surface area contributed by atoms with E-state index in [4.69, 9.17) is 5.73 Å². The molecular formula is C11H20N4O. The van der Waals surface area contributed by atoms with Gasteiger partial charge in [-0.25, -0.2) is 0 Å². The van der Waals surface area contributed by atoms with E-state index in [1.54, 1.807) is 24.3 Å². The molecule has 0 spiro atoms. The molecule has 0 aliphatic rings. The average Bonchev–Trinajstić information content (AvgIpc) is 2.77. The van der Waals surface area contributed by atoms with Gasteiger partial charge in [-0.2, -0.15) is 5.10 Å². The van der Waals surface area contributed by atoms with Crippen LogP contribution in [-0.4, -0.2) is 34.6 Å². The molecule has 90 valence electrons. The normalized spacial score (nSPS) is 12.4. The zero-order valence-corrected chi connectivity index (χ0v) is 9.94. The highest BCUT2D eigenvalue weighted by Crippen LogP contribution is 2.10. The molecule has 5 nitrogen and oxygen atoms in total. The van der Waals surface area contributed by atoms with Crippen molar-refractivity contribution in [1.29, 1.82) is 0 Å². The summed E-state index contributed by atoms with van der Waals surface area (Å²) in [5, 5.41) is 6.58. The van der Waals surface area contributed by atoms with Gasteiger partial charge in [-0.05, 0) is 6.42 Å². The zero-order valence-electron chi connectivity index (χ0n) is 9.94. The van der Waals surface area contributed by atoms with Crippen LogP contribution >= 0.6 is 0 Å². The van der Waals surface area contributed by atoms with Crippen LogP contribution in [0.2, 0.25) is 0 Å². The highest BCUT2D eigenvalue weighted by molar-refractivity contribution is 5.78. The number of H-pyrrole nitrogens is 1. The second-order valence-corrected chi connectivity index (χ2v) is 4.02. The maximum absolute atomic E-state index is 12.0. The van der Waals surface area contributed by atoms with Gasteiger partial charge in [0.1, 0.15) is 0 Å². The molecule has 1 rings (SSSR count). The van der Waals surface area contributed by atoms with Crippen molar-refractivity contribution < 1.29 is 4.79 Å². The summed E-state index contributed by atoms with van der Waals surface area (Å²) in [7, 11) is 1.80. The molecular weight excluding hydrogens is 204 g/mol. The van der Waals surface area contributed by atoms with Gasteiger partial charge >= 0.3 is 0 Å². The molecule has 5 heteroatoms. The van der Waals surface area contributed by atoms with Gasteiger partial charge in [0.25, 0.3) is 0 Å². The lowest BCUT2D eigenvalue weighted by Gasteiger charge is -2.22. The fraction of sp³-hybridized carbons (Fsp3) is 0.636. The third-order valence-electron chi connectivity index (χ3n) is 2.62. The quantitative estimate of drug-likeness (QED) is 0.748. The summed E-state index contributed by atoms with van der Waals surface area (Å²) in [6.07, 6.45) is 5.35. The predicted octanol–water partition coefficient (Wildman–Crippen LogP) is 0.743. The van der Waals surface area contributed by atoms with Gasteiger partial charge in [-0.1, -0.05) is 13.3 Å². The summed E-state index contributed by atoms with van der Waals surface area (Å²) in [6.45, 7) is 3.06. The lowest BCUT2D eigenvalue weighted by Crippen LogP contribution is -2.36. The number of nitrogens with zero attached hydrogens (tertiary/aromatic N) is 2. The molecule has 0 aromatic carbocycles. The van der Waals surface area contributed by atoms with Crippen molar-refractivity contribution in [2.24, 2.45) is 11.7 Å². The molecule has 3 N–H and O–H groups in total. The van der Waals surface area contributed by atoms with E-state index in [-0.39, 0.29) is 11.8 Å². The minimum Gasteiger partial charge on any atom is -0.341 e. The summed E-state index contributed by atoms with van der Waals surface area (Å²) in [5.41, 5.74) is 6.61. The van der Waals surface area contributed by atoms with Crippen molar-refractivity contribution in [2.45, 2.75) is 26.3 Å². The Morgan fingerprint density at radius 1 is 1.69 bits per heavy atom. The monoisotopic (exact) mass is 224 g/mol. The topological polar surface area (TPSA) is 75.0 Å². The maximum atomic E-state index is 12.0. The Hall–Kier alpha value is -1.36. The average molecular weight is 224 g/mol. The molecule has 1 unspecified atom stereocenters. The summed E-state index contributed by atoms with van der Waals surface area (Å²) >= 11 is 0. The number of hydrogen-bond acceptors (Lipinski definition) is 3. The predicted molar refractivity (Wildman–Crippen MR) is 62.5 cm³/mol. The molecule has 1 heterocycles. The number of nitrogens with one attached hydrogen (secondary N) is 1. The van der Waals surface area contributed by atoms with E-state index in [0.717, 1.165) is 18.4 Å². The third kappa shape index (κ3) is 3.34. The van der Waals surface area contributed by atoms with Crippen molar-refractivity contribution in [2.75, 3.05) is 13.6 Å². The van der Waals surface area contributed by atoms with Crippen LogP contribution in [0.3, 0.4) is 0 Å². The van der Waals surface area contributed by atoms with Crippen LogP contribution < -0.4 is 5.73 Å². The number of nitrogens with two attached hydrogens (primary N) is 1. The first kappa shape index (κ1) is 12.7. The van der Waals surface area contributed by atoms with Crippen LogP contribution in [0, 0.1) is 5.92 Å². The van der Waals surface area contributed by atoms with Crippen molar-refractivity contribution in [3.63, 3.8) is 0 Å². The second-order valence-electron chi connectivity index (χ2n) is 4.02. The number of aromatic amines is 1. The Morgan fingerprint density at radius 2 is 2.44 bits per heavy atom. The lowest BCUT2D eigenvalue weighted by molar-refractivity contribution is -0.134. The van der Waals surface area contributed by atoms with Crippen molar-refractivity contribution in [3.05, 3.63) is 18.0 Å². The van der Waals surface area contributed by atoms with Crippen LogP contribution in [0.5, 0.6) is 0 Å². The van der Waals surface area contributed by atoms with Crippen molar-refractivity contribution >= 4 is 5.91 Å². The van der Waals surface area contributed by atoms with E-state index in [1.165, 1.54) is 0 Å². The Balaban J connectivity index is 2.52. The van der Waals surface area contributed by atoms with E-state index in [9.17, 15) is 4.79 Å². The first-order chi connectivity index (χ1) is 7.69. The Labute approximate surface area is 96.0 Å². The van der Waals surface area contributed by atoms with E-state index in [2.05, 4.69) is 17.1 Å². The molecule has 0 fully saturated rings. The standard InChI is InChI=1S/C11H20N4O/c1-3-4-10(5-12)11(16)15(2)8-9-6-13-14-7-9/h6-7,10H,3-5,8,12H2,1-2H3,(H,13,14). The summed E-state index contributed by atoms with van der Waals surface area (Å²) in [4.78, 5) is 13.7. The number of amides is 1. The molecule has 1 aromatic rings. The third-order valence-corrected chi connectivity index (χ3v) is 2.62. The SMILES string of the molecule is CCCC(CN)C(=O)N(C)Cc1cn[nH]c1. The molecule has 0 radical (unpaired) electrons. The molecule has 0 bridgehead atoms. The zero-order chi connectivity index (χ0) is 12.0. The molecule has 0 saturated heterocycles. The van der Waals surface area contributed by atoms with E-state index >= 15 is 0 Å². The van der Waals surface area contributed by atoms with Gasteiger partial charge < -0.3 is 10.6 Å². The maximum Gasteiger partial charge on any atom is 0.226 e. The fourth-order valence-electron chi connectivity index (χ4n) is 1.72. The summed E-state index contributed by atoms with van der Waals surface area (Å²) in [5.74, 6) is 0.0625. The number of carbonyl (C=O) groups is 1. The highest BCUT2D eigenvalue weighted by atomic mass is 16.2. The van der Waals surface area contributed by atoms with E-state index < -0.39 is 0 Å². The molecule has 1 aromatic heterocycles. The molecule has 16 heavy (non-hydrogen) atoms.